The summed E-state index contributed by atoms with van der Waals surface area (Å²) in [5, 5.41) is 3.89. The number of methoxy groups -OCH3 is 2. The second-order valence-electron chi connectivity index (χ2n) is 4.51. The molecule has 4 nitrogen and oxygen atoms in total. The highest BCUT2D eigenvalue weighted by molar-refractivity contribution is 6.30. The van der Waals surface area contributed by atoms with Crippen molar-refractivity contribution in [2.24, 2.45) is 0 Å². The number of benzene rings is 1. The lowest BCUT2D eigenvalue weighted by molar-refractivity contribution is 0.199. The monoisotopic (exact) mass is 299 g/mol. The number of hydrogen-bond donors (Lipinski definition) is 1. The van der Waals surface area contributed by atoms with Gasteiger partial charge in [-0.15, -0.1) is 0 Å². The van der Waals surface area contributed by atoms with Gasteiger partial charge in [-0.3, -0.25) is 0 Å². The van der Waals surface area contributed by atoms with Crippen LogP contribution in [0.4, 0.5) is 0 Å². The summed E-state index contributed by atoms with van der Waals surface area (Å²) in [5.74, 6) is 1.33. The van der Waals surface area contributed by atoms with Gasteiger partial charge in [0.15, 0.2) is 11.5 Å². The zero-order chi connectivity index (χ0) is 15.0. The highest BCUT2D eigenvalue weighted by Crippen LogP contribution is 2.35. The van der Waals surface area contributed by atoms with Crippen molar-refractivity contribution < 1.29 is 14.2 Å². The van der Waals surface area contributed by atoms with E-state index < -0.39 is 0 Å². The van der Waals surface area contributed by atoms with Gasteiger partial charge in [-0.2, -0.15) is 0 Å². The van der Waals surface area contributed by atoms with Crippen LogP contribution in [0.15, 0.2) is 24.3 Å². The van der Waals surface area contributed by atoms with Gasteiger partial charge in [0.1, 0.15) is 6.61 Å². The van der Waals surface area contributed by atoms with E-state index in [-0.39, 0.29) is 0 Å². The standard InChI is InChI=1S/C15H22ClNO3/c1-11(2)10-20-15-12(9-17-5-6-18-3)7-13(16)8-14(15)19-4/h7-8,17H,1,5-6,9-10H2,2-4H3. The van der Waals surface area contributed by atoms with E-state index in [4.69, 9.17) is 25.8 Å². The Hall–Kier alpha value is -1.23. The first-order chi connectivity index (χ1) is 9.58. The summed E-state index contributed by atoms with van der Waals surface area (Å²) in [4.78, 5) is 0. The van der Waals surface area contributed by atoms with Crippen LogP contribution in [0, 0.1) is 0 Å². The van der Waals surface area contributed by atoms with Crippen molar-refractivity contribution in [3.63, 3.8) is 0 Å². The van der Waals surface area contributed by atoms with Crippen LogP contribution in [-0.4, -0.2) is 34.0 Å². The van der Waals surface area contributed by atoms with Crippen LogP contribution >= 0.6 is 11.6 Å². The molecule has 1 aromatic rings. The summed E-state index contributed by atoms with van der Waals surface area (Å²) in [7, 11) is 3.27. The van der Waals surface area contributed by atoms with E-state index >= 15 is 0 Å². The molecule has 0 heterocycles. The van der Waals surface area contributed by atoms with E-state index in [2.05, 4.69) is 11.9 Å². The minimum absolute atomic E-state index is 0.447. The SMILES string of the molecule is C=C(C)COc1c(CNCCOC)cc(Cl)cc1OC. The van der Waals surface area contributed by atoms with Gasteiger partial charge < -0.3 is 19.5 Å². The van der Waals surface area contributed by atoms with Crippen LogP contribution in [0.5, 0.6) is 11.5 Å². The zero-order valence-electron chi connectivity index (χ0n) is 12.3. The third kappa shape index (κ3) is 5.41. The average molecular weight is 300 g/mol. The molecule has 0 unspecified atom stereocenters. The van der Waals surface area contributed by atoms with E-state index in [1.54, 1.807) is 20.3 Å². The molecule has 1 rings (SSSR count). The molecule has 0 aliphatic heterocycles. The topological polar surface area (TPSA) is 39.7 Å². The lowest BCUT2D eigenvalue weighted by atomic mass is 10.1. The van der Waals surface area contributed by atoms with Crippen LogP contribution in [0.2, 0.25) is 5.02 Å². The molecule has 0 aromatic heterocycles. The van der Waals surface area contributed by atoms with Gasteiger partial charge in [0.05, 0.1) is 13.7 Å². The average Bonchev–Trinajstić information content (AvgIpc) is 2.41. The summed E-state index contributed by atoms with van der Waals surface area (Å²) in [5.41, 5.74) is 1.90. The van der Waals surface area contributed by atoms with Gasteiger partial charge in [0.25, 0.3) is 0 Å². The van der Waals surface area contributed by atoms with Crippen molar-refractivity contribution >= 4 is 11.6 Å². The van der Waals surface area contributed by atoms with Gasteiger partial charge >= 0.3 is 0 Å². The van der Waals surface area contributed by atoms with Crippen LogP contribution in [0.3, 0.4) is 0 Å². The molecule has 0 bridgehead atoms. The molecule has 0 saturated carbocycles. The van der Waals surface area contributed by atoms with Gasteiger partial charge in [-0.25, -0.2) is 0 Å². The Kier molecular flexibility index (Phi) is 7.44. The summed E-state index contributed by atoms with van der Waals surface area (Å²) in [6.45, 7) is 8.24. The van der Waals surface area contributed by atoms with Crippen LogP contribution in [0.25, 0.3) is 0 Å². The highest BCUT2D eigenvalue weighted by Gasteiger charge is 2.12. The number of halogens is 1. The lowest BCUT2D eigenvalue weighted by Crippen LogP contribution is -2.19. The Morgan fingerprint density at radius 3 is 2.70 bits per heavy atom. The molecular weight excluding hydrogens is 278 g/mol. The summed E-state index contributed by atoms with van der Waals surface area (Å²) in [6.07, 6.45) is 0. The minimum Gasteiger partial charge on any atom is -0.493 e. The van der Waals surface area contributed by atoms with E-state index in [1.807, 2.05) is 13.0 Å². The summed E-state index contributed by atoms with van der Waals surface area (Å²) < 4.78 is 16.1. The molecular formula is C15H22ClNO3. The van der Waals surface area contributed by atoms with Crippen LogP contribution in [-0.2, 0) is 11.3 Å². The molecule has 112 valence electrons. The minimum atomic E-state index is 0.447. The summed E-state index contributed by atoms with van der Waals surface area (Å²) >= 11 is 6.10. The molecule has 0 fully saturated rings. The maximum absolute atomic E-state index is 6.10. The van der Waals surface area contributed by atoms with Crippen molar-refractivity contribution in [1.82, 2.24) is 5.32 Å². The van der Waals surface area contributed by atoms with Crippen LogP contribution < -0.4 is 14.8 Å². The molecule has 0 aliphatic carbocycles. The van der Waals surface area contributed by atoms with Gasteiger partial charge in [-0.05, 0) is 18.6 Å². The maximum atomic E-state index is 6.10. The number of nitrogens with one attached hydrogen (secondary N) is 1. The first-order valence-electron chi connectivity index (χ1n) is 6.41. The van der Waals surface area contributed by atoms with Crippen molar-refractivity contribution in [2.75, 3.05) is 34.0 Å². The molecule has 0 amide bonds. The predicted octanol–water partition coefficient (Wildman–Crippen LogP) is 3.04. The Balaban J connectivity index is 2.87. The Morgan fingerprint density at radius 1 is 1.35 bits per heavy atom. The Morgan fingerprint density at radius 2 is 2.10 bits per heavy atom. The third-order valence-electron chi connectivity index (χ3n) is 2.58. The molecule has 1 aromatic carbocycles. The van der Waals surface area contributed by atoms with Crippen molar-refractivity contribution in [2.45, 2.75) is 13.5 Å². The molecule has 1 N–H and O–H groups in total. The second kappa shape index (κ2) is 8.84. The fourth-order valence-corrected chi connectivity index (χ4v) is 1.89. The molecule has 0 saturated heterocycles. The fourth-order valence-electron chi connectivity index (χ4n) is 1.66. The molecule has 20 heavy (non-hydrogen) atoms. The van der Waals surface area contributed by atoms with Crippen LogP contribution in [0.1, 0.15) is 12.5 Å². The van der Waals surface area contributed by atoms with Gasteiger partial charge in [-0.1, -0.05) is 18.2 Å². The van der Waals surface area contributed by atoms with E-state index in [9.17, 15) is 0 Å². The molecule has 0 spiro atoms. The van der Waals surface area contributed by atoms with Crippen molar-refractivity contribution in [3.8, 4) is 11.5 Å². The Labute approximate surface area is 125 Å². The highest BCUT2D eigenvalue weighted by atomic mass is 35.5. The smallest absolute Gasteiger partial charge is 0.166 e. The first kappa shape index (κ1) is 16.8. The Bertz CT molecular complexity index is 449. The first-order valence-corrected chi connectivity index (χ1v) is 6.79. The van der Waals surface area contributed by atoms with E-state index in [0.29, 0.717) is 36.3 Å². The van der Waals surface area contributed by atoms with Crippen molar-refractivity contribution in [1.29, 1.82) is 0 Å². The second-order valence-corrected chi connectivity index (χ2v) is 4.95. The largest absolute Gasteiger partial charge is 0.493 e. The predicted molar refractivity (Wildman–Crippen MR) is 81.9 cm³/mol. The van der Waals surface area contributed by atoms with Crippen molar-refractivity contribution in [3.05, 3.63) is 34.9 Å². The molecule has 0 radical (unpaired) electrons. The van der Waals surface area contributed by atoms with Gasteiger partial charge in [0.2, 0.25) is 0 Å². The zero-order valence-corrected chi connectivity index (χ0v) is 13.0. The molecule has 0 atom stereocenters. The van der Waals surface area contributed by atoms with Gasteiger partial charge in [0, 0.05) is 36.9 Å². The normalized spacial score (nSPS) is 10.4. The lowest BCUT2D eigenvalue weighted by Gasteiger charge is -2.16. The van der Waals surface area contributed by atoms with E-state index in [1.165, 1.54) is 0 Å². The number of ether oxygens (including phenoxy) is 3. The van der Waals surface area contributed by atoms with E-state index in [0.717, 1.165) is 17.7 Å². The molecule has 0 aliphatic rings. The third-order valence-corrected chi connectivity index (χ3v) is 2.80. The number of rotatable bonds is 9. The maximum Gasteiger partial charge on any atom is 0.166 e. The molecule has 5 heteroatoms. The number of hydrogen-bond acceptors (Lipinski definition) is 4. The summed E-state index contributed by atoms with van der Waals surface area (Å²) in [6, 6.07) is 3.62. The fraction of sp³-hybridized carbons (Fsp3) is 0.467. The quantitative estimate of drug-likeness (QED) is 0.562.